The summed E-state index contributed by atoms with van der Waals surface area (Å²) in [5, 5.41) is 36.8. The molecule has 5 rings (SSSR count). The van der Waals surface area contributed by atoms with Crippen LogP contribution in [0.3, 0.4) is 0 Å². The molecule has 11 heteroatoms. The number of benzene rings is 1. The van der Waals surface area contributed by atoms with Crippen molar-refractivity contribution in [3.05, 3.63) is 47.2 Å². The Morgan fingerprint density at radius 3 is 2.17 bits per heavy atom. The first kappa shape index (κ1) is 34.8. The highest BCUT2D eigenvalue weighted by atomic mass is 28.4. The zero-order chi connectivity index (χ0) is 34.0. The smallest absolute Gasteiger partial charge is 0.338 e. The molecule has 2 bridgehead atoms. The Kier molecular flexibility index (Phi) is 8.94. The molecule has 2 saturated carbocycles. The first-order chi connectivity index (χ1) is 21.5. The fourth-order valence-electron chi connectivity index (χ4n) is 8.93. The summed E-state index contributed by atoms with van der Waals surface area (Å²) < 4.78 is 25.3. The highest BCUT2D eigenvalue weighted by Crippen LogP contribution is 2.65. The normalized spacial score (nSPS) is 39.9. The third-order valence-electron chi connectivity index (χ3n) is 12.2. The molecule has 10 nitrogen and oxygen atoms in total. The molecule has 1 heterocycles. The third-order valence-corrected chi connectivity index (χ3v) is 16.7. The molecule has 3 fully saturated rings. The Morgan fingerprint density at radius 1 is 1.04 bits per heavy atom. The van der Waals surface area contributed by atoms with Crippen LogP contribution in [-0.2, 0) is 28.2 Å². The maximum atomic E-state index is 15.4. The van der Waals surface area contributed by atoms with E-state index in [-0.39, 0.29) is 30.8 Å². The predicted molar refractivity (Wildman–Crippen MR) is 171 cm³/mol. The summed E-state index contributed by atoms with van der Waals surface area (Å²) >= 11 is 0. The van der Waals surface area contributed by atoms with Crippen LogP contribution in [0.5, 0.6) is 0 Å². The Balaban J connectivity index is 1.87. The molecular formula is C35H50O10Si. The molecule has 1 aromatic carbocycles. The predicted octanol–water partition coefficient (Wildman–Crippen LogP) is 4.32. The van der Waals surface area contributed by atoms with Gasteiger partial charge in [-0.05, 0) is 42.8 Å². The molecule has 0 radical (unpaired) electrons. The van der Waals surface area contributed by atoms with Crippen molar-refractivity contribution in [2.24, 2.45) is 22.7 Å². The molecule has 1 unspecified atom stereocenters. The number of ketones is 1. The van der Waals surface area contributed by atoms with E-state index in [4.69, 9.17) is 18.6 Å². The van der Waals surface area contributed by atoms with Crippen molar-refractivity contribution in [2.75, 3.05) is 6.61 Å². The summed E-state index contributed by atoms with van der Waals surface area (Å²) in [5.41, 5.74) is -5.90. The number of esters is 2. The van der Waals surface area contributed by atoms with Crippen LogP contribution in [-0.4, -0.2) is 83.6 Å². The first-order valence-electron chi connectivity index (χ1n) is 16.6. The molecule has 1 saturated heterocycles. The van der Waals surface area contributed by atoms with Crippen molar-refractivity contribution in [1.29, 1.82) is 0 Å². The molecule has 4 aliphatic rings. The second-order valence-electron chi connectivity index (χ2n) is 14.6. The summed E-state index contributed by atoms with van der Waals surface area (Å²) in [4.78, 5) is 42.1. The number of aliphatic hydroxyl groups is 3. The average Bonchev–Trinajstić information content (AvgIpc) is 3.01. The Labute approximate surface area is 272 Å². The zero-order valence-corrected chi connectivity index (χ0v) is 29.3. The summed E-state index contributed by atoms with van der Waals surface area (Å²) in [6.45, 7) is 14.2. The van der Waals surface area contributed by atoms with Gasteiger partial charge in [-0.15, -0.1) is 0 Å². The second-order valence-corrected chi connectivity index (χ2v) is 19.3. The second kappa shape index (κ2) is 11.8. The van der Waals surface area contributed by atoms with Crippen molar-refractivity contribution < 1.29 is 48.3 Å². The van der Waals surface area contributed by atoms with E-state index in [2.05, 4.69) is 0 Å². The topological polar surface area (TPSA) is 149 Å². The first-order valence-corrected chi connectivity index (χ1v) is 19.2. The molecule has 3 N–H and O–H groups in total. The largest absolute Gasteiger partial charge is 0.541 e. The molecule has 1 aromatic rings. The van der Waals surface area contributed by atoms with Crippen LogP contribution in [0.1, 0.15) is 78.6 Å². The van der Waals surface area contributed by atoms with Gasteiger partial charge in [-0.1, -0.05) is 59.7 Å². The molecule has 0 aromatic heterocycles. The minimum Gasteiger partial charge on any atom is -0.541 e. The number of Topliss-reactive ketones (excluding diaryl/α,β-unsaturated/α-hetero) is 1. The molecule has 46 heavy (non-hydrogen) atoms. The van der Waals surface area contributed by atoms with Gasteiger partial charge in [-0.2, -0.15) is 0 Å². The fraction of sp³-hybridized carbons (Fsp3) is 0.686. The van der Waals surface area contributed by atoms with Crippen LogP contribution >= 0.6 is 0 Å². The number of hydrogen-bond acceptors (Lipinski definition) is 10. The number of hydrogen-bond donors (Lipinski definition) is 3. The molecular weight excluding hydrogens is 608 g/mol. The van der Waals surface area contributed by atoms with Crippen molar-refractivity contribution >= 4 is 26.0 Å². The number of rotatable bonds is 8. The van der Waals surface area contributed by atoms with E-state index in [1.165, 1.54) is 6.92 Å². The maximum Gasteiger partial charge on any atom is 0.338 e. The molecule has 0 amide bonds. The highest BCUT2D eigenvalue weighted by molar-refractivity contribution is 6.74. The highest BCUT2D eigenvalue weighted by Gasteiger charge is 2.77. The van der Waals surface area contributed by atoms with Gasteiger partial charge in [0.15, 0.2) is 5.60 Å². The lowest BCUT2D eigenvalue weighted by atomic mass is 9.45. The molecule has 1 aliphatic heterocycles. The summed E-state index contributed by atoms with van der Waals surface area (Å²) in [7, 11) is -2.56. The number of fused-ring (bicyclic) bond motifs is 5. The summed E-state index contributed by atoms with van der Waals surface area (Å²) in [5.74, 6) is -3.72. The van der Waals surface area contributed by atoms with Gasteiger partial charge in [0.1, 0.15) is 23.6 Å². The molecule has 254 valence electrons. The standard InChI is InChI=1S/C35H50O10Si/c1-9-46(10-2,11-3)45-27-26-20(4)23(37)18-35(41,32(26,6)7)30(43-31(40)22-15-13-12-14-16-22)28-33(8,29(27)39)24(38)17-25-34(28,19-42-25)44-21(5)36/h12-16,20,23-25,28,30,37-38,41H,9-11,17-19H2,1-8H3/b27-26+/t20?,23-,24-,25+,28-,30-,33+,34-,35+/m0/s1. The van der Waals surface area contributed by atoms with Gasteiger partial charge in [0.25, 0.3) is 8.32 Å². The number of carbonyl (C=O) groups is 3. The lowest BCUT2D eigenvalue weighted by Crippen LogP contribution is -2.81. The van der Waals surface area contributed by atoms with Crippen molar-refractivity contribution in [3.8, 4) is 0 Å². The number of carbonyl (C=O) groups excluding carboxylic acids is 3. The van der Waals surface area contributed by atoms with Crippen LogP contribution in [0.15, 0.2) is 41.7 Å². The van der Waals surface area contributed by atoms with Gasteiger partial charge < -0.3 is 34.0 Å². The lowest BCUT2D eigenvalue weighted by molar-refractivity contribution is -0.345. The van der Waals surface area contributed by atoms with Crippen LogP contribution in [0.25, 0.3) is 0 Å². The van der Waals surface area contributed by atoms with E-state index in [0.29, 0.717) is 5.57 Å². The van der Waals surface area contributed by atoms with E-state index < -0.39 is 84.3 Å². The van der Waals surface area contributed by atoms with Crippen LogP contribution < -0.4 is 0 Å². The van der Waals surface area contributed by atoms with E-state index in [9.17, 15) is 24.9 Å². The van der Waals surface area contributed by atoms with Crippen LogP contribution in [0, 0.1) is 22.7 Å². The number of ether oxygens (including phenoxy) is 3. The number of aliphatic hydroxyl groups excluding tert-OH is 2. The fourth-order valence-corrected chi connectivity index (χ4v) is 11.5. The minimum atomic E-state index is -2.56. The van der Waals surface area contributed by atoms with E-state index in [1.807, 2.05) is 27.7 Å². The van der Waals surface area contributed by atoms with E-state index in [1.54, 1.807) is 51.1 Å². The Morgan fingerprint density at radius 2 is 1.65 bits per heavy atom. The van der Waals surface area contributed by atoms with E-state index >= 15 is 4.79 Å². The maximum absolute atomic E-state index is 15.4. The van der Waals surface area contributed by atoms with Crippen molar-refractivity contribution in [3.63, 3.8) is 0 Å². The average molecular weight is 659 g/mol. The van der Waals surface area contributed by atoms with E-state index in [0.717, 1.165) is 18.1 Å². The minimum absolute atomic E-state index is 0.0219. The van der Waals surface area contributed by atoms with Gasteiger partial charge in [0.2, 0.25) is 5.78 Å². The Bertz CT molecular complexity index is 1400. The molecule has 9 atom stereocenters. The van der Waals surface area contributed by atoms with Crippen molar-refractivity contribution in [1.82, 2.24) is 0 Å². The Hall–Kier alpha value is -2.57. The zero-order valence-electron chi connectivity index (χ0n) is 28.3. The molecule has 3 aliphatic carbocycles. The quantitative estimate of drug-likeness (QED) is 0.273. The monoisotopic (exact) mass is 658 g/mol. The van der Waals surface area contributed by atoms with Gasteiger partial charge in [0, 0.05) is 31.1 Å². The third kappa shape index (κ3) is 4.83. The summed E-state index contributed by atoms with van der Waals surface area (Å²) in [6.07, 6.45) is -5.03. The summed E-state index contributed by atoms with van der Waals surface area (Å²) in [6, 6.07) is 10.4. The van der Waals surface area contributed by atoms with Gasteiger partial charge in [-0.3, -0.25) is 9.59 Å². The van der Waals surface area contributed by atoms with Gasteiger partial charge >= 0.3 is 11.9 Å². The van der Waals surface area contributed by atoms with Crippen LogP contribution in [0.4, 0.5) is 0 Å². The van der Waals surface area contributed by atoms with Gasteiger partial charge in [-0.25, -0.2) is 4.79 Å². The molecule has 0 spiro atoms. The lowest BCUT2D eigenvalue weighted by Gasteiger charge is -2.67. The number of allylic oxidation sites excluding steroid dienone is 1. The van der Waals surface area contributed by atoms with Crippen LogP contribution in [0.2, 0.25) is 18.1 Å². The van der Waals surface area contributed by atoms with Crippen molar-refractivity contribution in [2.45, 2.75) is 122 Å². The van der Waals surface area contributed by atoms with Gasteiger partial charge in [0.05, 0.1) is 35.7 Å². The SMILES string of the molecule is CC[Si](CC)(CC)O/C1=C2\C(C)[C@@H](O)C[C@@](O)([C@@H](OC(=O)c3ccccc3)[C@@H]3[C@]4(OC(C)=O)CO[C@@H]4C[C@H](O)[C@@]3(C)C1=O)C2(C)C.